The number of hydrogen-bond donors (Lipinski definition) is 4. The monoisotopic (exact) mass is 476 g/mol. The summed E-state index contributed by atoms with van der Waals surface area (Å²) in [6, 6.07) is 0.717. The van der Waals surface area contributed by atoms with E-state index in [0.717, 1.165) is 44.9 Å². The lowest BCUT2D eigenvalue weighted by molar-refractivity contribution is 0.0745. The van der Waals surface area contributed by atoms with Gasteiger partial charge in [-0.25, -0.2) is 9.59 Å². The minimum atomic E-state index is -0.0296. The fraction of sp³-hybridized carbons (Fsp3) is 0.929. The molecule has 0 aromatic rings. The van der Waals surface area contributed by atoms with Crippen LogP contribution >= 0.6 is 0 Å². The van der Waals surface area contributed by atoms with Gasteiger partial charge >= 0.3 is 12.1 Å². The molecule has 0 bridgehead atoms. The molecule has 0 aromatic carbocycles. The van der Waals surface area contributed by atoms with Crippen molar-refractivity contribution in [1.29, 1.82) is 0 Å². The average Bonchev–Trinajstić information content (AvgIpc) is 2.69. The topological polar surface area (TPSA) is 82.3 Å². The van der Waals surface area contributed by atoms with E-state index in [1.807, 2.05) is 0 Å². The lowest BCUT2D eigenvalue weighted by atomic mass is 9.62. The zero-order valence-corrected chi connectivity index (χ0v) is 22.3. The summed E-state index contributed by atoms with van der Waals surface area (Å²) in [6.07, 6.45) is 20.0. The van der Waals surface area contributed by atoms with Crippen LogP contribution in [0, 0.1) is 10.8 Å². The number of carbonyl (C=O) groups is 2. The maximum absolute atomic E-state index is 12.8. The summed E-state index contributed by atoms with van der Waals surface area (Å²) in [4.78, 5) is 25.5. The Balaban J connectivity index is 1.47. The molecular formula is C28H52N4O2. The van der Waals surface area contributed by atoms with Gasteiger partial charge in [0.15, 0.2) is 0 Å². The molecule has 196 valence electrons. The highest BCUT2D eigenvalue weighted by atomic mass is 16.2. The number of rotatable bonds is 5. The maximum Gasteiger partial charge on any atom is 0.315 e. The zero-order chi connectivity index (χ0) is 24.4. The minimum Gasteiger partial charge on any atom is -0.338 e. The van der Waals surface area contributed by atoms with Crippen molar-refractivity contribution in [2.45, 2.75) is 148 Å². The first-order valence-electron chi connectivity index (χ1n) is 14.3. The molecule has 2 atom stereocenters. The second-order valence-corrected chi connectivity index (χ2v) is 12.8. The van der Waals surface area contributed by atoms with Crippen molar-refractivity contribution in [2.24, 2.45) is 10.8 Å². The summed E-state index contributed by atoms with van der Waals surface area (Å²) in [5, 5.41) is 13.0. The van der Waals surface area contributed by atoms with Gasteiger partial charge in [-0.05, 0) is 55.8 Å². The van der Waals surface area contributed by atoms with E-state index in [9.17, 15) is 9.59 Å². The Morgan fingerprint density at radius 1 is 0.618 bits per heavy atom. The zero-order valence-electron chi connectivity index (χ0n) is 22.3. The van der Waals surface area contributed by atoms with Gasteiger partial charge in [0.25, 0.3) is 0 Å². The van der Waals surface area contributed by atoms with Crippen molar-refractivity contribution in [3.63, 3.8) is 0 Å². The first-order valence-corrected chi connectivity index (χ1v) is 14.3. The molecular weight excluding hydrogens is 424 g/mol. The molecule has 3 saturated carbocycles. The van der Waals surface area contributed by atoms with Crippen LogP contribution in [-0.2, 0) is 0 Å². The average molecular weight is 477 g/mol. The quantitative estimate of drug-likeness (QED) is 0.370. The highest BCUT2D eigenvalue weighted by Crippen LogP contribution is 2.45. The molecule has 0 spiro atoms. The molecule has 0 unspecified atom stereocenters. The predicted octanol–water partition coefficient (Wildman–Crippen LogP) is 6.40. The number of hydrogen-bond acceptors (Lipinski definition) is 2. The third-order valence-corrected chi connectivity index (χ3v) is 8.34. The number of carbonyl (C=O) groups excluding carboxylic acids is 2. The fourth-order valence-corrected chi connectivity index (χ4v) is 7.01. The van der Waals surface area contributed by atoms with E-state index in [1.54, 1.807) is 0 Å². The van der Waals surface area contributed by atoms with Gasteiger partial charge < -0.3 is 21.3 Å². The van der Waals surface area contributed by atoms with Crippen LogP contribution < -0.4 is 21.3 Å². The Hall–Kier alpha value is -1.46. The summed E-state index contributed by atoms with van der Waals surface area (Å²) < 4.78 is 0. The third-order valence-electron chi connectivity index (χ3n) is 8.34. The highest BCUT2D eigenvalue weighted by Gasteiger charge is 2.42. The second-order valence-electron chi connectivity index (χ2n) is 12.8. The summed E-state index contributed by atoms with van der Waals surface area (Å²) in [5.41, 5.74) is 0.0983. The normalized spacial score (nSPS) is 29.6. The highest BCUT2D eigenvalue weighted by molar-refractivity contribution is 5.75. The van der Waals surface area contributed by atoms with Crippen LogP contribution in [0.4, 0.5) is 9.59 Å². The van der Waals surface area contributed by atoms with Gasteiger partial charge in [-0.3, -0.25) is 0 Å². The van der Waals surface area contributed by atoms with Crippen molar-refractivity contribution >= 4 is 12.1 Å². The molecule has 4 N–H and O–H groups in total. The van der Waals surface area contributed by atoms with Crippen LogP contribution in [0.15, 0.2) is 0 Å². The summed E-state index contributed by atoms with van der Waals surface area (Å²) in [5.74, 6) is 0. The Morgan fingerprint density at radius 2 is 1.06 bits per heavy atom. The summed E-state index contributed by atoms with van der Waals surface area (Å²) in [6.45, 7) is 7.50. The number of nitrogens with one attached hydrogen (secondary N) is 4. The van der Waals surface area contributed by atoms with E-state index in [2.05, 4.69) is 42.0 Å². The molecule has 3 aliphatic rings. The van der Waals surface area contributed by atoms with Crippen LogP contribution in [0.2, 0.25) is 0 Å². The van der Waals surface area contributed by atoms with Crippen molar-refractivity contribution in [3.8, 4) is 0 Å². The Bertz CT molecular complexity index is 636. The summed E-state index contributed by atoms with van der Waals surface area (Å²) >= 11 is 0. The van der Waals surface area contributed by atoms with Crippen molar-refractivity contribution in [1.82, 2.24) is 21.3 Å². The first kappa shape index (κ1) is 27.1. The fourth-order valence-electron chi connectivity index (χ4n) is 7.01. The summed E-state index contributed by atoms with van der Waals surface area (Å²) in [7, 11) is 0. The van der Waals surface area contributed by atoms with Crippen molar-refractivity contribution in [2.75, 3.05) is 6.54 Å². The molecule has 3 aliphatic carbocycles. The molecule has 4 amide bonds. The van der Waals surface area contributed by atoms with Crippen LogP contribution in [-0.4, -0.2) is 36.7 Å². The minimum absolute atomic E-state index is 0.00870. The second kappa shape index (κ2) is 13.0. The molecule has 34 heavy (non-hydrogen) atoms. The Labute approximate surface area is 208 Å². The Morgan fingerprint density at radius 3 is 1.59 bits per heavy atom. The third kappa shape index (κ3) is 9.65. The number of urea groups is 2. The van der Waals surface area contributed by atoms with E-state index in [1.165, 1.54) is 64.2 Å². The standard InChI is InChI=1S/C28H52N4O2/c1-27(2)18-24(32-26(34)31-23-16-12-8-5-9-13-17-23)19-28(3,20-27)21-29-25(33)30-22-14-10-6-4-7-11-15-22/h22-24H,4-21H2,1-3H3,(H2,29,30,33)(H2,31,32,34)/t24-,28-/m0/s1. The van der Waals surface area contributed by atoms with Gasteiger partial charge in [0.1, 0.15) is 0 Å². The van der Waals surface area contributed by atoms with Gasteiger partial charge in [-0.1, -0.05) is 85.0 Å². The number of amides is 4. The van der Waals surface area contributed by atoms with Gasteiger partial charge in [0, 0.05) is 24.7 Å². The van der Waals surface area contributed by atoms with Crippen LogP contribution in [0.5, 0.6) is 0 Å². The molecule has 3 rings (SSSR count). The van der Waals surface area contributed by atoms with E-state index in [-0.39, 0.29) is 28.9 Å². The van der Waals surface area contributed by atoms with E-state index < -0.39 is 0 Å². The van der Waals surface area contributed by atoms with Crippen LogP contribution in [0.1, 0.15) is 130 Å². The maximum atomic E-state index is 12.8. The van der Waals surface area contributed by atoms with Gasteiger partial charge in [-0.2, -0.15) is 0 Å². The molecule has 6 nitrogen and oxygen atoms in total. The van der Waals surface area contributed by atoms with Crippen LogP contribution in [0.25, 0.3) is 0 Å². The Kier molecular flexibility index (Phi) is 10.4. The lowest BCUT2D eigenvalue weighted by Gasteiger charge is -2.47. The van der Waals surface area contributed by atoms with Gasteiger partial charge in [-0.15, -0.1) is 0 Å². The molecule has 0 aromatic heterocycles. The molecule has 6 heteroatoms. The van der Waals surface area contributed by atoms with Gasteiger partial charge in [0.05, 0.1) is 0 Å². The first-order chi connectivity index (χ1) is 16.2. The predicted molar refractivity (Wildman–Crippen MR) is 140 cm³/mol. The molecule has 0 radical (unpaired) electrons. The molecule has 0 saturated heterocycles. The molecule has 0 heterocycles. The smallest absolute Gasteiger partial charge is 0.315 e. The van der Waals surface area contributed by atoms with Crippen molar-refractivity contribution in [3.05, 3.63) is 0 Å². The van der Waals surface area contributed by atoms with E-state index >= 15 is 0 Å². The largest absolute Gasteiger partial charge is 0.338 e. The van der Waals surface area contributed by atoms with Crippen molar-refractivity contribution < 1.29 is 9.59 Å². The van der Waals surface area contributed by atoms with E-state index in [0.29, 0.717) is 18.6 Å². The SMILES string of the molecule is CC1(C)C[C@H](NC(=O)NC2CCCCCCC2)C[C@](C)(CNC(=O)NC2CCCCCCC2)C1. The molecule has 0 aliphatic heterocycles. The molecule has 3 fully saturated rings. The van der Waals surface area contributed by atoms with Gasteiger partial charge in [0.2, 0.25) is 0 Å². The lowest BCUT2D eigenvalue weighted by Crippen LogP contribution is -2.54. The van der Waals surface area contributed by atoms with Crippen LogP contribution in [0.3, 0.4) is 0 Å². The van der Waals surface area contributed by atoms with E-state index in [4.69, 9.17) is 0 Å².